The van der Waals surface area contributed by atoms with Crippen molar-refractivity contribution in [3.05, 3.63) is 58.1 Å². The third-order valence-electron chi connectivity index (χ3n) is 4.62. The molecule has 2 aromatic carbocycles. The van der Waals surface area contributed by atoms with E-state index in [9.17, 15) is 26.3 Å². The summed E-state index contributed by atoms with van der Waals surface area (Å²) in [6, 6.07) is 4.97. The van der Waals surface area contributed by atoms with Crippen LogP contribution in [0.5, 0.6) is 11.5 Å². The van der Waals surface area contributed by atoms with Gasteiger partial charge >= 0.3 is 12.4 Å². The summed E-state index contributed by atoms with van der Waals surface area (Å²) in [5.41, 5.74) is -0.929. The summed E-state index contributed by atoms with van der Waals surface area (Å²) in [4.78, 5) is 4.34. The zero-order chi connectivity index (χ0) is 21.4. The normalized spacial score (nSPS) is 14.3. The molecule has 0 aliphatic carbocycles. The molecule has 29 heavy (non-hydrogen) atoms. The number of benzene rings is 2. The van der Waals surface area contributed by atoms with Gasteiger partial charge in [-0.3, -0.25) is 4.99 Å². The summed E-state index contributed by atoms with van der Waals surface area (Å²) >= 11 is 0. The molecule has 156 valence electrons. The summed E-state index contributed by atoms with van der Waals surface area (Å²) in [6.07, 6.45) is -9.37. The van der Waals surface area contributed by atoms with Crippen LogP contribution in [0.15, 0.2) is 35.3 Å². The van der Waals surface area contributed by atoms with Crippen molar-refractivity contribution in [3.63, 3.8) is 0 Å². The van der Waals surface area contributed by atoms with Gasteiger partial charge in [0.05, 0.1) is 25.3 Å². The minimum Gasteiger partial charge on any atom is -0.493 e. The molecule has 0 amide bonds. The van der Waals surface area contributed by atoms with Crippen molar-refractivity contribution in [1.29, 1.82) is 0 Å². The van der Waals surface area contributed by atoms with Gasteiger partial charge in [-0.15, -0.1) is 0 Å². The minimum absolute atomic E-state index is 0.117. The number of fused-ring (bicyclic) bond motifs is 1. The van der Waals surface area contributed by atoms with Crippen LogP contribution in [0.1, 0.15) is 27.8 Å². The number of ether oxygens (including phenoxy) is 2. The van der Waals surface area contributed by atoms with Crippen molar-refractivity contribution in [1.82, 2.24) is 0 Å². The van der Waals surface area contributed by atoms with Crippen molar-refractivity contribution >= 4 is 5.71 Å². The molecule has 1 heterocycles. The Morgan fingerprint density at radius 1 is 0.828 bits per heavy atom. The van der Waals surface area contributed by atoms with Gasteiger partial charge < -0.3 is 9.47 Å². The number of hydrogen-bond donors (Lipinski definition) is 0. The quantitative estimate of drug-likeness (QED) is 0.630. The molecule has 3 nitrogen and oxygen atoms in total. The van der Waals surface area contributed by atoms with Crippen LogP contribution in [0.3, 0.4) is 0 Å². The number of hydrogen-bond acceptors (Lipinski definition) is 3. The summed E-state index contributed by atoms with van der Waals surface area (Å²) in [7, 11) is 2.91. The Balaban J connectivity index is 2.04. The lowest BCUT2D eigenvalue weighted by atomic mass is 9.92. The van der Waals surface area contributed by atoms with Gasteiger partial charge in [0.1, 0.15) is 0 Å². The highest BCUT2D eigenvalue weighted by Gasteiger charge is 2.37. The molecule has 0 fully saturated rings. The number of halogens is 6. The van der Waals surface area contributed by atoms with Crippen LogP contribution in [0.25, 0.3) is 0 Å². The fraction of sp³-hybridized carbons (Fsp3) is 0.350. The molecule has 0 saturated carbocycles. The van der Waals surface area contributed by atoms with Crippen molar-refractivity contribution in [2.24, 2.45) is 4.99 Å². The van der Waals surface area contributed by atoms with E-state index in [2.05, 4.69) is 4.99 Å². The van der Waals surface area contributed by atoms with Crippen molar-refractivity contribution in [2.45, 2.75) is 25.2 Å². The van der Waals surface area contributed by atoms with Crippen LogP contribution in [0, 0.1) is 0 Å². The van der Waals surface area contributed by atoms with Crippen LogP contribution < -0.4 is 9.47 Å². The van der Waals surface area contributed by atoms with Gasteiger partial charge in [-0.05, 0) is 47.9 Å². The Kier molecular flexibility index (Phi) is 5.51. The molecule has 3 rings (SSSR count). The predicted octanol–water partition coefficient (Wildman–Crippen LogP) is 5.33. The predicted molar refractivity (Wildman–Crippen MR) is 94.8 cm³/mol. The fourth-order valence-electron chi connectivity index (χ4n) is 3.26. The first-order valence-electron chi connectivity index (χ1n) is 8.60. The molecule has 0 aromatic heterocycles. The van der Waals surface area contributed by atoms with Gasteiger partial charge in [-0.2, -0.15) is 26.3 Å². The lowest BCUT2D eigenvalue weighted by Crippen LogP contribution is -2.17. The molecule has 0 radical (unpaired) electrons. The largest absolute Gasteiger partial charge is 0.493 e. The molecule has 0 spiro atoms. The Hall–Kier alpha value is -2.71. The lowest BCUT2D eigenvalue weighted by molar-refractivity contribution is -0.143. The van der Waals surface area contributed by atoms with Crippen LogP contribution in [0.2, 0.25) is 0 Å². The first-order chi connectivity index (χ1) is 13.5. The average molecular weight is 417 g/mol. The number of nitrogens with zero attached hydrogens (tertiary/aromatic N) is 1. The van der Waals surface area contributed by atoms with Crippen LogP contribution in [0.4, 0.5) is 26.3 Å². The van der Waals surface area contributed by atoms with Gasteiger partial charge in [0.25, 0.3) is 0 Å². The van der Waals surface area contributed by atoms with E-state index in [4.69, 9.17) is 9.47 Å². The van der Waals surface area contributed by atoms with E-state index in [0.717, 1.165) is 17.7 Å². The van der Waals surface area contributed by atoms with Crippen molar-refractivity contribution < 1.29 is 35.8 Å². The summed E-state index contributed by atoms with van der Waals surface area (Å²) in [6.45, 7) is 0.378. The minimum atomic E-state index is -4.89. The molecule has 0 N–H and O–H groups in total. The standard InChI is InChI=1S/C20H17F6NO2/c1-28-17-8-12-3-4-27-16(15(12)10-18(17)29-2)7-11-5-13(19(21,22)23)9-14(6-11)20(24,25)26/h5-6,8-10H,3-4,7H2,1-2H3. The lowest BCUT2D eigenvalue weighted by Gasteiger charge is -2.21. The third-order valence-corrected chi connectivity index (χ3v) is 4.62. The van der Waals surface area contributed by atoms with Crippen LogP contribution >= 0.6 is 0 Å². The maximum atomic E-state index is 13.1. The summed E-state index contributed by atoms with van der Waals surface area (Å²) in [5.74, 6) is 0.895. The number of alkyl halides is 6. The zero-order valence-corrected chi connectivity index (χ0v) is 15.5. The molecule has 2 aromatic rings. The molecular weight excluding hydrogens is 400 g/mol. The second kappa shape index (κ2) is 7.61. The first kappa shape index (κ1) is 21.0. The second-order valence-corrected chi connectivity index (χ2v) is 6.53. The average Bonchev–Trinajstić information content (AvgIpc) is 2.65. The highest BCUT2D eigenvalue weighted by Crippen LogP contribution is 2.37. The monoisotopic (exact) mass is 417 g/mol. The molecule has 0 unspecified atom stereocenters. The maximum absolute atomic E-state index is 13.1. The van der Waals surface area contributed by atoms with E-state index >= 15 is 0 Å². The highest BCUT2D eigenvalue weighted by atomic mass is 19.4. The van der Waals surface area contributed by atoms with E-state index in [0.29, 0.717) is 35.7 Å². The van der Waals surface area contributed by atoms with E-state index in [1.165, 1.54) is 14.2 Å². The third kappa shape index (κ3) is 4.49. The number of rotatable bonds is 4. The van der Waals surface area contributed by atoms with Crippen LogP contribution in [-0.2, 0) is 25.2 Å². The van der Waals surface area contributed by atoms with Crippen molar-refractivity contribution in [2.75, 3.05) is 20.8 Å². The topological polar surface area (TPSA) is 30.8 Å². The molecule has 1 aliphatic heterocycles. The van der Waals surface area contributed by atoms with Gasteiger partial charge in [0, 0.05) is 24.2 Å². The van der Waals surface area contributed by atoms with Gasteiger partial charge in [0.2, 0.25) is 0 Å². The molecule has 0 saturated heterocycles. The second-order valence-electron chi connectivity index (χ2n) is 6.53. The molecule has 9 heteroatoms. The van der Waals surface area contributed by atoms with Gasteiger partial charge in [-0.1, -0.05) is 0 Å². The Bertz CT molecular complexity index is 915. The maximum Gasteiger partial charge on any atom is 0.416 e. The van der Waals surface area contributed by atoms with E-state index < -0.39 is 23.5 Å². The zero-order valence-electron chi connectivity index (χ0n) is 15.5. The summed E-state index contributed by atoms with van der Waals surface area (Å²) < 4.78 is 89.1. The smallest absolute Gasteiger partial charge is 0.416 e. The molecular formula is C20H17F6NO2. The Morgan fingerprint density at radius 2 is 1.38 bits per heavy atom. The van der Waals surface area contributed by atoms with Gasteiger partial charge in [0.15, 0.2) is 11.5 Å². The summed E-state index contributed by atoms with van der Waals surface area (Å²) in [5, 5.41) is 0. The molecule has 1 aliphatic rings. The van der Waals surface area contributed by atoms with E-state index in [-0.39, 0.29) is 18.1 Å². The Labute approximate surface area is 163 Å². The number of methoxy groups -OCH3 is 2. The van der Waals surface area contributed by atoms with Crippen LogP contribution in [-0.4, -0.2) is 26.5 Å². The van der Waals surface area contributed by atoms with E-state index in [1.54, 1.807) is 12.1 Å². The fourth-order valence-corrected chi connectivity index (χ4v) is 3.26. The molecule has 0 bridgehead atoms. The van der Waals surface area contributed by atoms with E-state index in [1.807, 2.05) is 0 Å². The number of aliphatic imine (C=N–C) groups is 1. The van der Waals surface area contributed by atoms with Crippen molar-refractivity contribution in [3.8, 4) is 11.5 Å². The highest BCUT2D eigenvalue weighted by molar-refractivity contribution is 6.04. The SMILES string of the molecule is COc1cc2c(cc1OC)C(Cc1cc(C(F)(F)F)cc(C(F)(F)F)c1)=NCC2. The Morgan fingerprint density at radius 3 is 1.90 bits per heavy atom. The first-order valence-corrected chi connectivity index (χ1v) is 8.60. The van der Waals surface area contributed by atoms with Gasteiger partial charge in [-0.25, -0.2) is 0 Å². The molecule has 0 atom stereocenters.